The molecule has 2 aromatic rings. The predicted molar refractivity (Wildman–Crippen MR) is 70.1 cm³/mol. The zero-order chi connectivity index (χ0) is 14.0. The third kappa shape index (κ3) is 2.76. The maximum absolute atomic E-state index is 13.1. The number of aryl methyl sites for hydroxylation is 1. The summed E-state index contributed by atoms with van der Waals surface area (Å²) >= 11 is 0. The van der Waals surface area contributed by atoms with E-state index in [-0.39, 0.29) is 11.6 Å². The lowest BCUT2D eigenvalue weighted by molar-refractivity contribution is 0.0784. The number of hydrogen-bond donors (Lipinski definition) is 1. The van der Waals surface area contributed by atoms with Gasteiger partial charge in [0.1, 0.15) is 11.6 Å². The Bertz CT molecular complexity index is 607. The Labute approximate surface area is 110 Å². The van der Waals surface area contributed by atoms with E-state index in [1.165, 1.54) is 23.1 Å². The molecule has 19 heavy (non-hydrogen) atoms. The van der Waals surface area contributed by atoms with Crippen LogP contribution in [0.4, 0.5) is 10.1 Å². The molecule has 0 spiro atoms. The number of furan rings is 1. The number of rotatable bonds is 3. The fraction of sp³-hybridized carbons (Fsp3) is 0.214. The molecule has 0 unspecified atom stereocenters. The van der Waals surface area contributed by atoms with Gasteiger partial charge in [-0.05, 0) is 31.2 Å². The highest BCUT2D eigenvalue weighted by Gasteiger charge is 2.15. The summed E-state index contributed by atoms with van der Waals surface area (Å²) in [5, 5.41) is 0. The maximum atomic E-state index is 13.1. The zero-order valence-corrected chi connectivity index (χ0v) is 10.8. The van der Waals surface area contributed by atoms with Gasteiger partial charge < -0.3 is 15.1 Å². The predicted octanol–water partition coefficient (Wildman–Crippen LogP) is 2.58. The van der Waals surface area contributed by atoms with Crippen molar-refractivity contribution in [2.24, 2.45) is 0 Å². The first-order chi connectivity index (χ1) is 8.99. The Morgan fingerprint density at radius 2 is 2.16 bits per heavy atom. The van der Waals surface area contributed by atoms with Crippen LogP contribution >= 0.6 is 0 Å². The van der Waals surface area contributed by atoms with E-state index in [0.717, 1.165) is 11.3 Å². The Hall–Kier alpha value is -2.30. The summed E-state index contributed by atoms with van der Waals surface area (Å²) in [6.07, 6.45) is 1.58. The molecular weight excluding hydrogens is 247 g/mol. The molecule has 1 amide bonds. The second-order valence-corrected chi connectivity index (χ2v) is 4.40. The van der Waals surface area contributed by atoms with Crippen LogP contribution in [0, 0.1) is 12.7 Å². The number of carbonyl (C=O) groups is 1. The van der Waals surface area contributed by atoms with Crippen molar-refractivity contribution in [3.05, 3.63) is 53.2 Å². The number of hydrogen-bond acceptors (Lipinski definition) is 3. The van der Waals surface area contributed by atoms with Crippen molar-refractivity contribution in [3.8, 4) is 0 Å². The average molecular weight is 262 g/mol. The highest BCUT2D eigenvalue weighted by atomic mass is 19.1. The van der Waals surface area contributed by atoms with Gasteiger partial charge in [-0.15, -0.1) is 0 Å². The van der Waals surface area contributed by atoms with Gasteiger partial charge in [0.2, 0.25) is 0 Å². The minimum Gasteiger partial charge on any atom is -0.469 e. The second-order valence-electron chi connectivity index (χ2n) is 4.40. The van der Waals surface area contributed by atoms with Gasteiger partial charge in [-0.3, -0.25) is 4.79 Å². The van der Waals surface area contributed by atoms with Crippen molar-refractivity contribution >= 4 is 11.6 Å². The van der Waals surface area contributed by atoms with Crippen LogP contribution in [0.25, 0.3) is 0 Å². The number of benzene rings is 1. The largest absolute Gasteiger partial charge is 0.469 e. The van der Waals surface area contributed by atoms with Crippen molar-refractivity contribution in [1.29, 1.82) is 0 Å². The molecule has 1 aromatic heterocycles. The highest BCUT2D eigenvalue weighted by molar-refractivity contribution is 5.94. The standard InChI is InChI=1S/C14H15FN2O2/c1-9-11(5-6-19-9)8-17(2)14(18)10-3-4-12(15)13(16)7-10/h3-7H,8,16H2,1-2H3. The normalized spacial score (nSPS) is 10.5. The highest BCUT2D eigenvalue weighted by Crippen LogP contribution is 2.16. The Morgan fingerprint density at radius 3 is 2.74 bits per heavy atom. The molecule has 2 rings (SSSR count). The SMILES string of the molecule is Cc1occc1CN(C)C(=O)c1ccc(F)c(N)c1. The first-order valence-electron chi connectivity index (χ1n) is 5.82. The number of nitrogens with two attached hydrogens (primary N) is 1. The number of halogens is 1. The van der Waals surface area contributed by atoms with Crippen LogP contribution in [0.3, 0.4) is 0 Å². The molecule has 1 heterocycles. The summed E-state index contributed by atoms with van der Waals surface area (Å²) in [7, 11) is 1.67. The van der Waals surface area contributed by atoms with Crippen molar-refractivity contribution in [2.45, 2.75) is 13.5 Å². The van der Waals surface area contributed by atoms with Gasteiger partial charge >= 0.3 is 0 Å². The van der Waals surface area contributed by atoms with E-state index in [0.29, 0.717) is 12.1 Å². The number of anilines is 1. The molecule has 0 aliphatic heterocycles. The molecule has 1 aromatic carbocycles. The maximum Gasteiger partial charge on any atom is 0.253 e. The van der Waals surface area contributed by atoms with E-state index >= 15 is 0 Å². The number of nitrogens with zero attached hydrogens (tertiary/aromatic N) is 1. The Kier molecular flexibility index (Phi) is 3.55. The third-order valence-electron chi connectivity index (χ3n) is 2.96. The van der Waals surface area contributed by atoms with Crippen LogP contribution in [0.15, 0.2) is 34.9 Å². The van der Waals surface area contributed by atoms with Gasteiger partial charge in [0, 0.05) is 24.7 Å². The molecule has 0 aliphatic rings. The molecule has 0 saturated carbocycles. The minimum absolute atomic E-state index is 0.0289. The van der Waals surface area contributed by atoms with Crippen molar-refractivity contribution < 1.29 is 13.6 Å². The van der Waals surface area contributed by atoms with Crippen LogP contribution < -0.4 is 5.73 Å². The molecule has 5 heteroatoms. The van der Waals surface area contributed by atoms with E-state index in [2.05, 4.69) is 0 Å². The molecule has 0 aliphatic carbocycles. The second kappa shape index (κ2) is 5.14. The summed E-state index contributed by atoms with van der Waals surface area (Å²) in [6.45, 7) is 2.27. The molecule has 2 N–H and O–H groups in total. The smallest absolute Gasteiger partial charge is 0.253 e. The van der Waals surface area contributed by atoms with Gasteiger partial charge in [0.05, 0.1) is 12.0 Å². The molecule has 0 atom stereocenters. The molecular formula is C14H15FN2O2. The summed E-state index contributed by atoms with van der Waals surface area (Å²) < 4.78 is 18.2. The Morgan fingerprint density at radius 1 is 1.42 bits per heavy atom. The van der Waals surface area contributed by atoms with Crippen LogP contribution in [0.5, 0.6) is 0 Å². The minimum atomic E-state index is -0.523. The molecule has 0 bridgehead atoms. The third-order valence-corrected chi connectivity index (χ3v) is 2.96. The summed E-state index contributed by atoms with van der Waals surface area (Å²) in [4.78, 5) is 13.7. The summed E-state index contributed by atoms with van der Waals surface area (Å²) in [5.41, 5.74) is 6.73. The van der Waals surface area contributed by atoms with E-state index < -0.39 is 5.82 Å². The van der Waals surface area contributed by atoms with Gasteiger partial charge in [0.15, 0.2) is 0 Å². The quantitative estimate of drug-likeness (QED) is 0.865. The fourth-order valence-electron chi connectivity index (χ4n) is 1.80. The summed E-state index contributed by atoms with van der Waals surface area (Å²) in [6, 6.07) is 5.78. The van der Waals surface area contributed by atoms with Crippen molar-refractivity contribution in [1.82, 2.24) is 4.90 Å². The topological polar surface area (TPSA) is 59.5 Å². The van der Waals surface area contributed by atoms with Crippen LogP contribution in [-0.2, 0) is 6.54 Å². The first-order valence-corrected chi connectivity index (χ1v) is 5.82. The van der Waals surface area contributed by atoms with E-state index in [9.17, 15) is 9.18 Å². The monoisotopic (exact) mass is 262 g/mol. The summed E-state index contributed by atoms with van der Waals surface area (Å²) in [5.74, 6) is 0.0375. The molecule has 4 nitrogen and oxygen atoms in total. The molecule has 0 saturated heterocycles. The Balaban J connectivity index is 2.15. The van der Waals surface area contributed by atoms with Crippen molar-refractivity contribution in [2.75, 3.05) is 12.8 Å². The van der Waals surface area contributed by atoms with Crippen LogP contribution in [0.2, 0.25) is 0 Å². The average Bonchev–Trinajstić information content (AvgIpc) is 2.77. The zero-order valence-electron chi connectivity index (χ0n) is 10.8. The van der Waals surface area contributed by atoms with Crippen LogP contribution in [0.1, 0.15) is 21.7 Å². The van der Waals surface area contributed by atoms with Crippen LogP contribution in [-0.4, -0.2) is 17.9 Å². The lowest BCUT2D eigenvalue weighted by Gasteiger charge is -2.17. The fourth-order valence-corrected chi connectivity index (χ4v) is 1.80. The lowest BCUT2D eigenvalue weighted by Crippen LogP contribution is -2.26. The van der Waals surface area contributed by atoms with Crippen molar-refractivity contribution in [3.63, 3.8) is 0 Å². The van der Waals surface area contributed by atoms with Gasteiger partial charge in [-0.25, -0.2) is 4.39 Å². The van der Waals surface area contributed by atoms with E-state index in [4.69, 9.17) is 10.2 Å². The number of carbonyl (C=O) groups excluding carboxylic acids is 1. The molecule has 0 radical (unpaired) electrons. The van der Waals surface area contributed by atoms with E-state index in [1.54, 1.807) is 13.3 Å². The lowest BCUT2D eigenvalue weighted by atomic mass is 10.1. The number of nitrogen functional groups attached to an aromatic ring is 1. The van der Waals surface area contributed by atoms with E-state index in [1.807, 2.05) is 13.0 Å². The van der Waals surface area contributed by atoms with Gasteiger partial charge in [0.25, 0.3) is 5.91 Å². The van der Waals surface area contributed by atoms with Gasteiger partial charge in [-0.1, -0.05) is 0 Å². The first kappa shape index (κ1) is 13.1. The molecule has 0 fully saturated rings. The molecule has 100 valence electrons. The number of amides is 1. The van der Waals surface area contributed by atoms with Gasteiger partial charge in [-0.2, -0.15) is 0 Å².